The van der Waals surface area contributed by atoms with E-state index >= 15 is 0 Å². The Morgan fingerprint density at radius 3 is 1.92 bits per heavy atom. The van der Waals surface area contributed by atoms with E-state index in [2.05, 4.69) is 26.6 Å². The van der Waals surface area contributed by atoms with Gasteiger partial charge in [-0.05, 0) is 69.2 Å². The van der Waals surface area contributed by atoms with Crippen molar-refractivity contribution in [1.82, 2.24) is 21.3 Å². The average molecular weight is 764 g/mol. The Kier molecular flexibility index (Phi) is 17.3. The first-order valence-corrected chi connectivity index (χ1v) is 18.3. The lowest BCUT2D eigenvalue weighted by molar-refractivity contribution is -0.131. The van der Waals surface area contributed by atoms with E-state index in [1.807, 2.05) is 6.92 Å². The molecule has 16 heteroatoms. The van der Waals surface area contributed by atoms with Gasteiger partial charge in [0.05, 0.1) is 36.7 Å². The molecule has 294 valence electrons. The molecule has 0 saturated carbocycles. The fourth-order valence-corrected chi connectivity index (χ4v) is 6.27. The molecule has 0 saturated heterocycles. The fraction of sp³-hybridized carbons (Fsp3) is 0.568. The largest absolute Gasteiger partial charge is 0.465 e. The highest BCUT2D eigenvalue weighted by Gasteiger charge is 2.32. The maximum Gasteiger partial charge on any atom is 0.408 e. The lowest BCUT2D eigenvalue weighted by atomic mass is 9.95. The molecule has 0 aliphatic rings. The van der Waals surface area contributed by atoms with Gasteiger partial charge < -0.3 is 40.8 Å². The number of hydrogen-bond donors (Lipinski definition) is 5. The van der Waals surface area contributed by atoms with Gasteiger partial charge in [0, 0.05) is 13.1 Å². The third-order valence-corrected chi connectivity index (χ3v) is 9.13. The van der Waals surface area contributed by atoms with Crippen molar-refractivity contribution in [2.75, 3.05) is 38.7 Å². The van der Waals surface area contributed by atoms with Crippen molar-refractivity contribution in [2.24, 2.45) is 11.8 Å². The lowest BCUT2D eigenvalue weighted by Crippen LogP contribution is -2.57. The van der Waals surface area contributed by atoms with Crippen LogP contribution in [0.2, 0.25) is 0 Å². The van der Waals surface area contributed by atoms with Crippen LogP contribution in [0.15, 0.2) is 24.3 Å². The molecular weight excluding hydrogens is 709 g/mol. The van der Waals surface area contributed by atoms with Crippen molar-refractivity contribution >= 4 is 52.0 Å². The second-order valence-electron chi connectivity index (χ2n) is 14.0. The van der Waals surface area contributed by atoms with Crippen LogP contribution in [0.3, 0.4) is 0 Å². The van der Waals surface area contributed by atoms with E-state index in [4.69, 9.17) is 14.2 Å². The van der Waals surface area contributed by atoms with Gasteiger partial charge in [-0.1, -0.05) is 46.8 Å². The molecule has 5 amide bonds. The van der Waals surface area contributed by atoms with Crippen LogP contribution in [0, 0.1) is 24.6 Å². The predicted octanol–water partition coefficient (Wildman–Crippen LogP) is 4.67. The third-order valence-electron chi connectivity index (χ3n) is 7.92. The van der Waals surface area contributed by atoms with Gasteiger partial charge in [0.25, 0.3) is 5.91 Å². The number of ether oxygens (including phenoxy) is 3. The number of esters is 1. The van der Waals surface area contributed by atoms with Crippen LogP contribution in [-0.2, 0) is 28.6 Å². The zero-order chi connectivity index (χ0) is 40.0. The number of methoxy groups -OCH3 is 1. The van der Waals surface area contributed by atoms with E-state index in [0.29, 0.717) is 17.5 Å². The maximum atomic E-state index is 13.4. The number of halogens is 1. The summed E-state index contributed by atoms with van der Waals surface area (Å²) in [7, 11) is 1.20. The van der Waals surface area contributed by atoms with Crippen LogP contribution >= 0.6 is 11.3 Å². The molecule has 0 aliphatic heterocycles. The smallest absolute Gasteiger partial charge is 0.408 e. The van der Waals surface area contributed by atoms with Crippen LogP contribution in [0.1, 0.15) is 98.9 Å². The molecule has 14 nitrogen and oxygen atoms in total. The Labute approximate surface area is 314 Å². The quantitative estimate of drug-likeness (QED) is 0.106. The third kappa shape index (κ3) is 13.7. The number of thiophene rings is 1. The van der Waals surface area contributed by atoms with E-state index in [-0.39, 0.29) is 53.6 Å². The summed E-state index contributed by atoms with van der Waals surface area (Å²) in [5, 5.41) is 13.7. The Bertz CT molecular complexity index is 1590. The van der Waals surface area contributed by atoms with Crippen molar-refractivity contribution in [3.05, 3.63) is 51.7 Å². The number of rotatable bonds is 18. The highest BCUT2D eigenvalue weighted by molar-refractivity contribution is 7.18. The van der Waals surface area contributed by atoms with Gasteiger partial charge in [-0.2, -0.15) is 0 Å². The molecule has 1 aromatic heterocycles. The van der Waals surface area contributed by atoms with Gasteiger partial charge in [0.15, 0.2) is 0 Å². The molecule has 3 atom stereocenters. The van der Waals surface area contributed by atoms with E-state index in [1.54, 1.807) is 55.4 Å². The first-order valence-electron chi connectivity index (χ1n) is 17.5. The van der Waals surface area contributed by atoms with E-state index < -0.39 is 65.1 Å². The molecule has 3 unspecified atom stereocenters. The summed E-state index contributed by atoms with van der Waals surface area (Å²) < 4.78 is 29.2. The van der Waals surface area contributed by atoms with E-state index in [0.717, 1.165) is 11.3 Å². The second kappa shape index (κ2) is 20.6. The van der Waals surface area contributed by atoms with Crippen LogP contribution in [0.4, 0.5) is 14.2 Å². The molecule has 1 heterocycles. The van der Waals surface area contributed by atoms with Crippen LogP contribution in [0.5, 0.6) is 0 Å². The topological polar surface area (TPSA) is 190 Å². The SMILES string of the molecule is CCC(C(=O)Nc1sc(C(=O)NCCOCCNC(=O)C(NC(=O)C(NC(=O)OC(C)(C)C)C(C)C)C(C)C)c(C)c1C(=O)OC)c1ccc(F)cc1. The number of anilines is 1. The zero-order valence-electron chi connectivity index (χ0n) is 32.2. The van der Waals surface area contributed by atoms with Crippen LogP contribution < -0.4 is 26.6 Å². The van der Waals surface area contributed by atoms with Crippen molar-refractivity contribution in [3.63, 3.8) is 0 Å². The second-order valence-corrected chi connectivity index (χ2v) is 15.0. The normalized spacial score (nSPS) is 13.1. The number of benzene rings is 1. The van der Waals surface area contributed by atoms with Crippen molar-refractivity contribution in [3.8, 4) is 0 Å². The molecule has 2 aromatic rings. The van der Waals surface area contributed by atoms with E-state index in [1.165, 1.54) is 31.4 Å². The Hall–Kier alpha value is -4.57. The minimum atomic E-state index is -0.922. The number of carbonyl (C=O) groups excluding carboxylic acids is 6. The summed E-state index contributed by atoms with van der Waals surface area (Å²) in [6.45, 7) is 16.1. The number of nitrogens with one attached hydrogen (secondary N) is 5. The lowest BCUT2D eigenvalue weighted by Gasteiger charge is -2.28. The summed E-state index contributed by atoms with van der Waals surface area (Å²) in [5.74, 6) is -4.16. The molecule has 1 aromatic carbocycles. The summed E-state index contributed by atoms with van der Waals surface area (Å²) in [6.07, 6.45) is -0.324. The van der Waals surface area contributed by atoms with Crippen LogP contribution in [0.25, 0.3) is 0 Å². The highest BCUT2D eigenvalue weighted by atomic mass is 32.1. The van der Waals surface area contributed by atoms with Crippen molar-refractivity contribution < 1.29 is 47.4 Å². The maximum absolute atomic E-state index is 13.4. The van der Waals surface area contributed by atoms with E-state index in [9.17, 15) is 33.2 Å². The van der Waals surface area contributed by atoms with Crippen LogP contribution in [-0.4, -0.2) is 86.8 Å². The molecule has 2 rings (SSSR count). The molecule has 0 spiro atoms. The highest BCUT2D eigenvalue weighted by Crippen LogP contribution is 2.35. The summed E-state index contributed by atoms with van der Waals surface area (Å²) in [4.78, 5) is 77.6. The predicted molar refractivity (Wildman–Crippen MR) is 199 cm³/mol. The zero-order valence-corrected chi connectivity index (χ0v) is 33.0. The molecule has 5 N–H and O–H groups in total. The summed E-state index contributed by atoms with van der Waals surface area (Å²) in [5.41, 5.74) is 0.257. The molecule has 53 heavy (non-hydrogen) atoms. The first-order chi connectivity index (χ1) is 24.8. The van der Waals surface area contributed by atoms with Gasteiger partial charge in [-0.25, -0.2) is 14.0 Å². The Balaban J connectivity index is 1.92. The number of amides is 5. The average Bonchev–Trinajstić information content (AvgIpc) is 3.39. The molecule has 0 bridgehead atoms. The van der Waals surface area contributed by atoms with Gasteiger partial charge in [0.1, 0.15) is 28.5 Å². The van der Waals surface area contributed by atoms with Gasteiger partial charge in [0.2, 0.25) is 17.7 Å². The molecular formula is C37H54FN5O9S. The first kappa shape index (κ1) is 44.6. The standard InChI is InChI=1S/C37H54FN5O9S/c1-11-25(23-12-14-24(38)15-13-23)30(44)43-34-26(35(48)50-10)22(6)29(53-34)33(47)40-17-19-51-18-16-39-31(45)27(20(2)3)41-32(46)28(21(4)5)42-36(49)52-37(7,8)9/h12-15,20-21,25,27-28H,11,16-19H2,1-10H3,(H,39,45)(H,40,47)(H,41,46)(H,42,49)(H,43,44). The number of alkyl carbamates (subject to hydrolysis) is 1. The number of carbonyl (C=O) groups is 6. The Morgan fingerprint density at radius 1 is 0.830 bits per heavy atom. The van der Waals surface area contributed by atoms with Gasteiger partial charge >= 0.3 is 12.1 Å². The number of hydrogen-bond acceptors (Lipinski definition) is 10. The monoisotopic (exact) mass is 763 g/mol. The minimum Gasteiger partial charge on any atom is -0.465 e. The summed E-state index contributed by atoms with van der Waals surface area (Å²) in [6, 6.07) is 3.79. The molecule has 0 radical (unpaired) electrons. The fourth-order valence-electron chi connectivity index (χ4n) is 5.16. The minimum absolute atomic E-state index is 0.0619. The van der Waals surface area contributed by atoms with Crippen molar-refractivity contribution in [2.45, 2.75) is 92.3 Å². The molecule has 0 fully saturated rings. The van der Waals surface area contributed by atoms with Crippen molar-refractivity contribution in [1.29, 1.82) is 0 Å². The van der Waals surface area contributed by atoms with Gasteiger partial charge in [-0.15, -0.1) is 11.3 Å². The molecule has 0 aliphatic carbocycles. The summed E-state index contributed by atoms with van der Waals surface area (Å²) >= 11 is 0.934. The van der Waals surface area contributed by atoms with Gasteiger partial charge in [-0.3, -0.25) is 19.2 Å². The Morgan fingerprint density at radius 2 is 1.40 bits per heavy atom.